The Morgan fingerprint density at radius 3 is 2.33 bits per heavy atom. The van der Waals surface area contributed by atoms with E-state index >= 15 is 0 Å². The van der Waals surface area contributed by atoms with Crippen LogP contribution in [0.5, 0.6) is 0 Å². The van der Waals surface area contributed by atoms with Crippen molar-refractivity contribution in [1.29, 1.82) is 0 Å². The number of likely N-dealkylation sites (N-methyl/N-ethyl adjacent to an activating group) is 2. The van der Waals surface area contributed by atoms with Crippen molar-refractivity contribution < 1.29 is 4.42 Å². The van der Waals surface area contributed by atoms with Gasteiger partial charge < -0.3 is 15.1 Å². The van der Waals surface area contributed by atoms with E-state index in [2.05, 4.69) is 43.9 Å². The molecule has 1 fully saturated rings. The van der Waals surface area contributed by atoms with Gasteiger partial charge in [-0.05, 0) is 65.9 Å². The topological polar surface area (TPSA) is 45.6 Å². The summed E-state index contributed by atoms with van der Waals surface area (Å²) in [4.78, 5) is 4.78. The molecule has 1 aliphatic carbocycles. The third-order valence-electron chi connectivity index (χ3n) is 5.18. The van der Waals surface area contributed by atoms with Gasteiger partial charge in [0.1, 0.15) is 11.5 Å². The predicted octanol–water partition coefficient (Wildman–Crippen LogP) is 2.78. The molecule has 0 aliphatic heterocycles. The van der Waals surface area contributed by atoms with Crippen molar-refractivity contribution in [2.75, 3.05) is 27.7 Å². The maximum Gasteiger partial charge on any atom is 0.122 e. The van der Waals surface area contributed by atoms with Crippen LogP contribution in [0.4, 0.5) is 0 Å². The molecule has 2 rings (SSSR count). The highest BCUT2D eigenvalue weighted by Crippen LogP contribution is 2.38. The zero-order valence-corrected chi connectivity index (χ0v) is 14.2. The average molecular weight is 293 g/mol. The zero-order valence-electron chi connectivity index (χ0n) is 14.2. The van der Waals surface area contributed by atoms with Gasteiger partial charge in [0.25, 0.3) is 0 Å². The van der Waals surface area contributed by atoms with Crippen LogP contribution >= 0.6 is 0 Å². The molecule has 1 aromatic heterocycles. The van der Waals surface area contributed by atoms with Crippen molar-refractivity contribution in [3.63, 3.8) is 0 Å². The number of aryl methyl sites for hydroxylation is 1. The molecule has 4 nitrogen and oxygen atoms in total. The first-order valence-electron chi connectivity index (χ1n) is 8.09. The molecule has 0 spiro atoms. The second kappa shape index (κ2) is 6.51. The highest BCUT2D eigenvalue weighted by molar-refractivity contribution is 5.13. The monoisotopic (exact) mass is 293 g/mol. The Morgan fingerprint density at radius 2 is 1.95 bits per heavy atom. The van der Waals surface area contributed by atoms with Gasteiger partial charge in [-0.3, -0.25) is 4.90 Å². The lowest BCUT2D eigenvalue weighted by atomic mass is 9.75. The summed E-state index contributed by atoms with van der Waals surface area (Å²) in [6.45, 7) is 5.18. The molecule has 120 valence electrons. The molecule has 2 unspecified atom stereocenters. The molecule has 21 heavy (non-hydrogen) atoms. The zero-order chi connectivity index (χ0) is 15.6. The van der Waals surface area contributed by atoms with Crippen LogP contribution in [0.3, 0.4) is 0 Å². The molecule has 4 heteroatoms. The molecule has 0 saturated heterocycles. The Hall–Kier alpha value is -0.840. The number of hydrogen-bond acceptors (Lipinski definition) is 4. The lowest BCUT2D eigenvalue weighted by Crippen LogP contribution is -2.58. The van der Waals surface area contributed by atoms with E-state index < -0.39 is 0 Å². The van der Waals surface area contributed by atoms with Crippen LogP contribution in [0.25, 0.3) is 0 Å². The van der Waals surface area contributed by atoms with E-state index in [0.717, 1.165) is 24.5 Å². The third-order valence-corrected chi connectivity index (χ3v) is 5.18. The van der Waals surface area contributed by atoms with Crippen molar-refractivity contribution in [2.45, 2.75) is 57.2 Å². The first-order chi connectivity index (χ1) is 9.89. The summed E-state index contributed by atoms with van der Waals surface area (Å²) in [7, 11) is 6.57. The molecule has 2 atom stereocenters. The molecule has 0 bridgehead atoms. The third kappa shape index (κ3) is 3.33. The van der Waals surface area contributed by atoms with E-state index in [-0.39, 0.29) is 12.1 Å². The average Bonchev–Trinajstić information content (AvgIpc) is 2.79. The quantitative estimate of drug-likeness (QED) is 0.839. The fourth-order valence-electron chi connectivity index (χ4n) is 3.48. The van der Waals surface area contributed by atoms with Crippen molar-refractivity contribution in [1.82, 2.24) is 9.80 Å². The smallest absolute Gasteiger partial charge is 0.122 e. The van der Waals surface area contributed by atoms with Crippen LogP contribution in [-0.2, 0) is 0 Å². The predicted molar refractivity (Wildman–Crippen MR) is 87.4 cm³/mol. The van der Waals surface area contributed by atoms with Crippen LogP contribution in [0, 0.1) is 6.92 Å². The molecular formula is C17H31N3O. The second-order valence-corrected chi connectivity index (χ2v) is 6.85. The van der Waals surface area contributed by atoms with Gasteiger partial charge in [0, 0.05) is 18.1 Å². The summed E-state index contributed by atoms with van der Waals surface area (Å²) in [5.74, 6) is 1.95. The largest absolute Gasteiger partial charge is 0.465 e. The maximum atomic E-state index is 6.40. The van der Waals surface area contributed by atoms with Crippen molar-refractivity contribution >= 4 is 0 Å². The fourth-order valence-corrected chi connectivity index (χ4v) is 3.48. The summed E-state index contributed by atoms with van der Waals surface area (Å²) in [5.41, 5.74) is 6.71. The molecule has 0 amide bonds. The minimum atomic E-state index is 0.0971. The molecule has 0 aromatic carbocycles. The number of nitrogens with zero attached hydrogens (tertiary/aromatic N) is 2. The van der Waals surface area contributed by atoms with E-state index in [1.165, 1.54) is 19.3 Å². The molecule has 1 aromatic rings. The van der Waals surface area contributed by atoms with Crippen LogP contribution in [-0.4, -0.2) is 49.1 Å². The first-order valence-corrected chi connectivity index (χ1v) is 8.09. The summed E-state index contributed by atoms with van der Waals surface area (Å²) < 4.78 is 5.88. The summed E-state index contributed by atoms with van der Waals surface area (Å²) in [6, 6.07) is 4.36. The molecule has 1 aliphatic rings. The lowest BCUT2D eigenvalue weighted by molar-refractivity contribution is 0.00889. The Labute approximate surface area is 129 Å². The number of nitrogens with two attached hydrogens (primary N) is 1. The molecule has 2 N–H and O–H groups in total. The Balaban J connectivity index is 2.16. The second-order valence-electron chi connectivity index (χ2n) is 6.85. The van der Waals surface area contributed by atoms with Crippen molar-refractivity contribution in [3.8, 4) is 0 Å². The van der Waals surface area contributed by atoms with E-state index in [0.29, 0.717) is 5.54 Å². The normalized spacial score (nSPS) is 20.6. The molecule has 1 saturated carbocycles. The van der Waals surface area contributed by atoms with E-state index in [1.54, 1.807) is 0 Å². The van der Waals surface area contributed by atoms with Gasteiger partial charge in [-0.1, -0.05) is 6.92 Å². The lowest BCUT2D eigenvalue weighted by Gasteiger charge is -2.50. The van der Waals surface area contributed by atoms with E-state index in [9.17, 15) is 0 Å². The number of furan rings is 1. The van der Waals surface area contributed by atoms with Gasteiger partial charge in [-0.15, -0.1) is 0 Å². The SMILES string of the molecule is CCC(N)C(c1ccc(C)o1)N(C)CC1(N(C)C)CCC1. The highest BCUT2D eigenvalue weighted by atomic mass is 16.3. The van der Waals surface area contributed by atoms with Gasteiger partial charge in [0.15, 0.2) is 0 Å². The summed E-state index contributed by atoms with van der Waals surface area (Å²) in [5, 5.41) is 0. The summed E-state index contributed by atoms with van der Waals surface area (Å²) in [6.07, 6.45) is 4.82. The Morgan fingerprint density at radius 1 is 1.29 bits per heavy atom. The summed E-state index contributed by atoms with van der Waals surface area (Å²) >= 11 is 0. The fraction of sp³-hybridized carbons (Fsp3) is 0.765. The molecular weight excluding hydrogens is 262 g/mol. The maximum absolute atomic E-state index is 6.40. The Kier molecular flexibility index (Phi) is 5.12. The van der Waals surface area contributed by atoms with Crippen LogP contribution in [0.2, 0.25) is 0 Å². The van der Waals surface area contributed by atoms with Gasteiger partial charge in [0.05, 0.1) is 6.04 Å². The number of hydrogen-bond donors (Lipinski definition) is 1. The number of rotatable bonds is 7. The van der Waals surface area contributed by atoms with Crippen molar-refractivity contribution in [3.05, 3.63) is 23.7 Å². The first kappa shape index (κ1) is 16.5. The standard InChI is InChI=1S/C17H31N3O/c1-6-14(18)16(15-9-8-13(2)21-15)20(5)12-17(19(3)4)10-7-11-17/h8-9,14,16H,6-7,10-12,18H2,1-5H3. The minimum Gasteiger partial charge on any atom is -0.465 e. The minimum absolute atomic E-state index is 0.0971. The van der Waals surface area contributed by atoms with Gasteiger partial charge in [-0.25, -0.2) is 0 Å². The van der Waals surface area contributed by atoms with Crippen LogP contribution < -0.4 is 5.73 Å². The van der Waals surface area contributed by atoms with Gasteiger partial charge in [0.2, 0.25) is 0 Å². The van der Waals surface area contributed by atoms with Crippen LogP contribution in [0.1, 0.15) is 50.2 Å². The van der Waals surface area contributed by atoms with Gasteiger partial charge in [-0.2, -0.15) is 0 Å². The van der Waals surface area contributed by atoms with Crippen molar-refractivity contribution in [2.24, 2.45) is 5.73 Å². The van der Waals surface area contributed by atoms with E-state index in [1.807, 2.05) is 13.0 Å². The Bertz CT molecular complexity index is 451. The van der Waals surface area contributed by atoms with Gasteiger partial charge >= 0.3 is 0 Å². The van der Waals surface area contributed by atoms with Crippen LogP contribution in [0.15, 0.2) is 16.5 Å². The molecule has 0 radical (unpaired) electrons. The highest BCUT2D eigenvalue weighted by Gasteiger charge is 2.41. The van der Waals surface area contributed by atoms with E-state index in [4.69, 9.17) is 10.2 Å². The molecule has 1 heterocycles.